The molecule has 0 spiro atoms. The fourth-order valence-electron chi connectivity index (χ4n) is 1.29. The van der Waals surface area contributed by atoms with Crippen LogP contribution >= 0.6 is 11.8 Å². The van der Waals surface area contributed by atoms with Crippen LogP contribution in [0.5, 0.6) is 0 Å². The van der Waals surface area contributed by atoms with E-state index in [4.69, 9.17) is 4.43 Å². The lowest BCUT2D eigenvalue weighted by atomic mass is 10.2. The second kappa shape index (κ2) is 6.26. The molecule has 0 radical (unpaired) electrons. The van der Waals surface area contributed by atoms with E-state index in [2.05, 4.69) is 45.0 Å². The molecule has 0 bridgehead atoms. The molecule has 0 aliphatic carbocycles. The molecule has 0 saturated carbocycles. The van der Waals surface area contributed by atoms with E-state index in [0.29, 0.717) is 5.04 Å². The summed E-state index contributed by atoms with van der Waals surface area (Å²) in [4.78, 5) is 0. The molecular formula is C13H26N2OSSi-. The molecule has 0 N–H and O–H groups in total. The molecule has 0 amide bonds. The zero-order chi connectivity index (χ0) is 13.8. The molecule has 1 aromatic heterocycles. The Hall–Kier alpha value is -0.263. The third-order valence-electron chi connectivity index (χ3n) is 3.67. The molecule has 0 aromatic carbocycles. The first-order chi connectivity index (χ1) is 8.24. The van der Waals surface area contributed by atoms with Gasteiger partial charge in [-0.05, 0) is 14.4 Å². The van der Waals surface area contributed by atoms with Gasteiger partial charge in [0.15, 0.2) is 0 Å². The van der Waals surface area contributed by atoms with Gasteiger partial charge >= 0.3 is 0 Å². The van der Waals surface area contributed by atoms with Crippen LogP contribution in [-0.4, -0.2) is 30.5 Å². The van der Waals surface area contributed by atoms with Gasteiger partial charge in [0.05, 0.1) is 0 Å². The average Bonchev–Trinajstić information content (AvgIpc) is 2.62. The summed E-state index contributed by atoms with van der Waals surface area (Å²) in [7, 11) is 0.425. The normalized spacial score (nSPS) is 13.0. The number of thioether (sulfide) groups is 1. The second-order valence-electron chi connectivity index (χ2n) is 6.11. The molecule has 18 heavy (non-hydrogen) atoms. The SMILES string of the molecule is Cn1nccc1CSCCO[Si-](C)(C)C(C)(C)C. The maximum atomic E-state index is 6.14. The number of rotatable bonds is 6. The van der Waals surface area contributed by atoms with Gasteiger partial charge in [0, 0.05) is 37.1 Å². The highest BCUT2D eigenvalue weighted by atomic mass is 32.2. The minimum absolute atomic E-state index is 0.305. The molecule has 0 unspecified atom stereocenters. The van der Waals surface area contributed by atoms with E-state index in [1.807, 2.05) is 29.7 Å². The van der Waals surface area contributed by atoms with E-state index >= 15 is 0 Å². The van der Waals surface area contributed by atoms with Gasteiger partial charge in [-0.25, -0.2) is 0 Å². The molecule has 1 heterocycles. The first kappa shape index (κ1) is 15.8. The first-order valence-corrected chi connectivity index (χ1v) is 10.5. The Morgan fingerprint density at radius 1 is 1.39 bits per heavy atom. The van der Waals surface area contributed by atoms with E-state index in [1.54, 1.807) is 0 Å². The van der Waals surface area contributed by atoms with Crippen LogP contribution in [0.2, 0.25) is 18.1 Å². The van der Waals surface area contributed by atoms with Crippen molar-refractivity contribution in [1.82, 2.24) is 9.78 Å². The third kappa shape index (κ3) is 4.44. The molecule has 3 nitrogen and oxygen atoms in total. The molecule has 0 atom stereocenters. The van der Waals surface area contributed by atoms with Crippen molar-refractivity contribution in [2.75, 3.05) is 12.4 Å². The Labute approximate surface area is 116 Å². The summed E-state index contributed by atoms with van der Waals surface area (Å²) in [6, 6.07) is 2.07. The van der Waals surface area contributed by atoms with Gasteiger partial charge in [0.2, 0.25) is 0 Å². The van der Waals surface area contributed by atoms with Gasteiger partial charge in [-0.2, -0.15) is 16.9 Å². The highest BCUT2D eigenvalue weighted by Crippen LogP contribution is 2.36. The van der Waals surface area contributed by atoms with Gasteiger partial charge < -0.3 is 4.43 Å². The quantitative estimate of drug-likeness (QED) is 0.590. The van der Waals surface area contributed by atoms with Crippen LogP contribution in [0.4, 0.5) is 0 Å². The van der Waals surface area contributed by atoms with Crippen LogP contribution in [-0.2, 0) is 17.2 Å². The number of aromatic nitrogens is 2. The molecule has 0 aliphatic rings. The van der Waals surface area contributed by atoms with Crippen LogP contribution in [0.25, 0.3) is 0 Å². The fourth-order valence-corrected chi connectivity index (χ4v) is 3.32. The zero-order valence-electron chi connectivity index (χ0n) is 12.5. The lowest BCUT2D eigenvalue weighted by Crippen LogP contribution is -2.41. The van der Waals surface area contributed by atoms with Crippen molar-refractivity contribution in [2.24, 2.45) is 7.05 Å². The summed E-state index contributed by atoms with van der Waals surface area (Å²) >= 11 is 1.91. The van der Waals surface area contributed by atoms with Gasteiger partial charge in [0.1, 0.15) is 0 Å². The van der Waals surface area contributed by atoms with Gasteiger partial charge in [-0.1, -0.05) is 20.8 Å². The second-order valence-corrected chi connectivity index (χ2v) is 12.0. The van der Waals surface area contributed by atoms with Crippen molar-refractivity contribution < 1.29 is 4.43 Å². The Morgan fingerprint density at radius 2 is 2.06 bits per heavy atom. The minimum Gasteiger partial charge on any atom is -0.564 e. The number of hydrogen-bond acceptors (Lipinski definition) is 3. The predicted molar refractivity (Wildman–Crippen MR) is 82.5 cm³/mol. The van der Waals surface area contributed by atoms with E-state index < -0.39 is 8.32 Å². The zero-order valence-corrected chi connectivity index (χ0v) is 14.3. The summed E-state index contributed by atoms with van der Waals surface area (Å²) < 4.78 is 8.07. The van der Waals surface area contributed by atoms with E-state index in [9.17, 15) is 0 Å². The van der Waals surface area contributed by atoms with Crippen LogP contribution < -0.4 is 0 Å². The number of hydrogen-bond donors (Lipinski definition) is 0. The molecule has 1 rings (SSSR count). The minimum atomic E-state index is -1.56. The van der Waals surface area contributed by atoms with Crippen molar-refractivity contribution in [3.05, 3.63) is 18.0 Å². The largest absolute Gasteiger partial charge is 0.564 e. The van der Waals surface area contributed by atoms with Crippen LogP contribution in [0.3, 0.4) is 0 Å². The van der Waals surface area contributed by atoms with E-state index in [1.165, 1.54) is 5.69 Å². The monoisotopic (exact) mass is 286 g/mol. The summed E-state index contributed by atoms with van der Waals surface area (Å²) in [6.45, 7) is 12.3. The van der Waals surface area contributed by atoms with Gasteiger partial charge in [-0.15, -0.1) is 18.1 Å². The van der Waals surface area contributed by atoms with Gasteiger partial charge in [0.25, 0.3) is 0 Å². The highest BCUT2D eigenvalue weighted by Gasteiger charge is 2.24. The lowest BCUT2D eigenvalue weighted by molar-refractivity contribution is 0.311. The maximum absolute atomic E-state index is 6.14. The molecule has 1 aromatic rings. The molecule has 0 fully saturated rings. The number of nitrogens with zero attached hydrogens (tertiary/aromatic N) is 2. The summed E-state index contributed by atoms with van der Waals surface area (Å²) in [5.74, 6) is 2.06. The molecule has 0 aliphatic heterocycles. The third-order valence-corrected chi connectivity index (χ3v) is 9.16. The van der Waals surface area contributed by atoms with Crippen LogP contribution in [0, 0.1) is 0 Å². The smallest absolute Gasteiger partial charge is 0.0492 e. The van der Waals surface area contributed by atoms with Crippen molar-refractivity contribution in [3.63, 3.8) is 0 Å². The Bertz CT molecular complexity index is 371. The van der Waals surface area contributed by atoms with Crippen molar-refractivity contribution >= 4 is 20.1 Å². The Balaban J connectivity index is 2.22. The van der Waals surface area contributed by atoms with E-state index in [0.717, 1.165) is 18.1 Å². The Morgan fingerprint density at radius 3 is 2.56 bits per heavy atom. The van der Waals surface area contributed by atoms with E-state index in [-0.39, 0.29) is 0 Å². The predicted octanol–water partition coefficient (Wildman–Crippen LogP) is 3.68. The topological polar surface area (TPSA) is 27.1 Å². The summed E-state index contributed by atoms with van der Waals surface area (Å²) in [5.41, 5.74) is 1.27. The number of aryl methyl sites for hydroxylation is 1. The molecule has 0 saturated heterocycles. The summed E-state index contributed by atoms with van der Waals surface area (Å²) in [6.07, 6.45) is 1.85. The highest BCUT2D eigenvalue weighted by molar-refractivity contribution is 7.98. The lowest BCUT2D eigenvalue weighted by Gasteiger charge is -2.48. The first-order valence-electron chi connectivity index (χ1n) is 6.42. The standard InChI is InChI=1S/C13H26N2OSSi/c1-13(2,3)18(5,6)16-9-10-17-11-12-7-8-14-15(12)4/h7-8H,9-11H2,1-6H3/q-1. The van der Waals surface area contributed by atoms with Crippen molar-refractivity contribution in [2.45, 2.75) is 44.7 Å². The average molecular weight is 287 g/mol. The maximum Gasteiger partial charge on any atom is 0.0492 e. The molecular weight excluding hydrogens is 260 g/mol. The Kier molecular flexibility index (Phi) is 5.49. The van der Waals surface area contributed by atoms with Crippen molar-refractivity contribution in [1.29, 1.82) is 0 Å². The summed E-state index contributed by atoms with van der Waals surface area (Å²) in [5, 5.41) is 4.47. The molecule has 5 heteroatoms. The van der Waals surface area contributed by atoms with Crippen LogP contribution in [0.1, 0.15) is 26.5 Å². The van der Waals surface area contributed by atoms with Crippen molar-refractivity contribution in [3.8, 4) is 0 Å². The van der Waals surface area contributed by atoms with Gasteiger partial charge in [-0.3, -0.25) is 4.68 Å². The van der Waals surface area contributed by atoms with Crippen LogP contribution in [0.15, 0.2) is 12.3 Å². The molecule has 105 valence electrons. The fraction of sp³-hybridized carbons (Fsp3) is 0.769.